The minimum absolute atomic E-state index is 0.0751. The highest BCUT2D eigenvalue weighted by Gasteiger charge is 2.13. The molecule has 0 fully saturated rings. The molecule has 3 N–H and O–H groups in total. The molecule has 100 valence electrons. The van der Waals surface area contributed by atoms with Crippen LogP contribution in [0.4, 0.5) is 11.4 Å². The van der Waals surface area contributed by atoms with Crippen LogP contribution in [0.1, 0.15) is 24.8 Å². The van der Waals surface area contributed by atoms with Crippen LogP contribution in [0.15, 0.2) is 18.2 Å². The highest BCUT2D eigenvalue weighted by molar-refractivity contribution is 5.73. The maximum atomic E-state index is 10.8. The van der Waals surface area contributed by atoms with Gasteiger partial charge in [-0.25, -0.2) is 0 Å². The standard InChI is InChI=1S/C12H14N4O3/c13-8-9-4-5-11(16(18)19)10(7-9)15-6-2-1-3-12(14)17/h4-5,7,15H,1-3,6H2,(H2,14,17). The number of carbonyl (C=O) groups excluding carboxylic acids is 1. The SMILES string of the molecule is N#Cc1ccc([N+](=O)[O-])c(NCCCCC(N)=O)c1. The minimum Gasteiger partial charge on any atom is -0.379 e. The maximum Gasteiger partial charge on any atom is 0.292 e. The summed E-state index contributed by atoms with van der Waals surface area (Å²) >= 11 is 0. The molecular weight excluding hydrogens is 248 g/mol. The van der Waals surface area contributed by atoms with Gasteiger partial charge in [0, 0.05) is 19.0 Å². The summed E-state index contributed by atoms with van der Waals surface area (Å²) in [5.74, 6) is -0.363. The van der Waals surface area contributed by atoms with Crippen LogP contribution in [0.3, 0.4) is 0 Å². The van der Waals surface area contributed by atoms with Gasteiger partial charge in [0.15, 0.2) is 0 Å². The van der Waals surface area contributed by atoms with Crippen LogP contribution in [-0.4, -0.2) is 17.4 Å². The molecule has 7 nitrogen and oxygen atoms in total. The first kappa shape index (κ1) is 14.4. The van der Waals surface area contributed by atoms with Crippen molar-refractivity contribution in [2.45, 2.75) is 19.3 Å². The topological polar surface area (TPSA) is 122 Å². The van der Waals surface area contributed by atoms with Crippen molar-refractivity contribution in [3.63, 3.8) is 0 Å². The number of nitrogens with two attached hydrogens (primary N) is 1. The molecule has 0 aromatic heterocycles. The Labute approximate surface area is 110 Å². The number of nitrogens with zero attached hydrogens (tertiary/aromatic N) is 2. The summed E-state index contributed by atoms with van der Waals surface area (Å²) in [6, 6.07) is 6.06. The molecule has 0 aliphatic heterocycles. The van der Waals surface area contributed by atoms with Crippen molar-refractivity contribution in [3.8, 4) is 6.07 Å². The Bertz CT molecular complexity index is 522. The van der Waals surface area contributed by atoms with E-state index in [4.69, 9.17) is 11.0 Å². The highest BCUT2D eigenvalue weighted by Crippen LogP contribution is 2.25. The van der Waals surface area contributed by atoms with Crippen LogP contribution < -0.4 is 11.1 Å². The number of nitro groups is 1. The minimum atomic E-state index is -0.507. The Morgan fingerprint density at radius 3 is 2.79 bits per heavy atom. The van der Waals surface area contributed by atoms with Crippen molar-refractivity contribution in [2.24, 2.45) is 5.73 Å². The van der Waals surface area contributed by atoms with Crippen molar-refractivity contribution in [3.05, 3.63) is 33.9 Å². The fourth-order valence-corrected chi connectivity index (χ4v) is 1.55. The molecule has 1 aromatic rings. The van der Waals surface area contributed by atoms with Crippen molar-refractivity contribution in [1.29, 1.82) is 5.26 Å². The predicted octanol–water partition coefficient (Wildman–Crippen LogP) is 1.53. The van der Waals surface area contributed by atoms with Crippen molar-refractivity contribution in [2.75, 3.05) is 11.9 Å². The van der Waals surface area contributed by atoms with Gasteiger partial charge in [0.1, 0.15) is 5.69 Å². The van der Waals surface area contributed by atoms with E-state index in [-0.39, 0.29) is 11.6 Å². The number of benzene rings is 1. The highest BCUT2D eigenvalue weighted by atomic mass is 16.6. The van der Waals surface area contributed by atoms with Crippen LogP contribution >= 0.6 is 0 Å². The molecule has 0 aliphatic carbocycles. The van der Waals surface area contributed by atoms with E-state index >= 15 is 0 Å². The number of carbonyl (C=O) groups is 1. The molecule has 0 heterocycles. The molecule has 0 bridgehead atoms. The Kier molecular flexibility index (Phi) is 5.29. The molecule has 0 atom stereocenters. The van der Waals surface area contributed by atoms with Crippen molar-refractivity contribution in [1.82, 2.24) is 0 Å². The lowest BCUT2D eigenvalue weighted by Crippen LogP contribution is -2.11. The van der Waals surface area contributed by atoms with E-state index in [0.29, 0.717) is 37.1 Å². The molecule has 7 heteroatoms. The molecular formula is C12H14N4O3. The molecule has 0 unspecified atom stereocenters. The third-order valence-corrected chi connectivity index (χ3v) is 2.49. The van der Waals surface area contributed by atoms with Gasteiger partial charge in [-0.05, 0) is 25.0 Å². The number of anilines is 1. The molecule has 0 saturated heterocycles. The summed E-state index contributed by atoms with van der Waals surface area (Å²) < 4.78 is 0. The number of nitrogens with one attached hydrogen (secondary N) is 1. The first-order valence-corrected chi connectivity index (χ1v) is 5.75. The zero-order valence-corrected chi connectivity index (χ0v) is 10.3. The molecule has 0 aliphatic rings. The van der Waals surface area contributed by atoms with Crippen LogP contribution in [-0.2, 0) is 4.79 Å². The molecule has 1 rings (SSSR count). The van der Waals surface area contributed by atoms with Gasteiger partial charge in [-0.3, -0.25) is 14.9 Å². The first-order valence-electron chi connectivity index (χ1n) is 5.75. The summed E-state index contributed by atoms with van der Waals surface area (Å²) in [5.41, 5.74) is 5.59. The number of amides is 1. The number of nitro benzene ring substituents is 1. The summed E-state index contributed by atoms with van der Waals surface area (Å²) in [4.78, 5) is 20.8. The fraction of sp³-hybridized carbons (Fsp3) is 0.333. The average Bonchev–Trinajstić information content (AvgIpc) is 2.37. The number of nitriles is 1. The number of hydrogen-bond acceptors (Lipinski definition) is 5. The second-order valence-corrected chi connectivity index (χ2v) is 3.95. The van der Waals surface area contributed by atoms with E-state index in [1.54, 1.807) is 0 Å². The van der Waals surface area contributed by atoms with Gasteiger partial charge >= 0.3 is 0 Å². The lowest BCUT2D eigenvalue weighted by molar-refractivity contribution is -0.384. The van der Waals surface area contributed by atoms with Crippen molar-refractivity contribution < 1.29 is 9.72 Å². The van der Waals surface area contributed by atoms with Gasteiger partial charge in [-0.15, -0.1) is 0 Å². The lowest BCUT2D eigenvalue weighted by Gasteiger charge is -2.06. The summed E-state index contributed by atoms with van der Waals surface area (Å²) in [6.45, 7) is 0.475. The van der Waals surface area contributed by atoms with Gasteiger partial charge in [0.25, 0.3) is 5.69 Å². The van der Waals surface area contributed by atoms with E-state index in [1.807, 2.05) is 6.07 Å². The van der Waals surface area contributed by atoms with E-state index in [2.05, 4.69) is 5.32 Å². The Hall–Kier alpha value is -2.62. The normalized spacial score (nSPS) is 9.63. The fourth-order valence-electron chi connectivity index (χ4n) is 1.55. The zero-order valence-electron chi connectivity index (χ0n) is 10.3. The largest absolute Gasteiger partial charge is 0.379 e. The molecule has 1 aromatic carbocycles. The number of unbranched alkanes of at least 4 members (excludes halogenated alkanes) is 1. The van der Waals surface area contributed by atoms with Crippen LogP contribution in [0.25, 0.3) is 0 Å². The van der Waals surface area contributed by atoms with Crippen LogP contribution in [0, 0.1) is 21.4 Å². The molecule has 0 saturated carbocycles. The van der Waals surface area contributed by atoms with Gasteiger partial charge in [-0.1, -0.05) is 0 Å². The first-order chi connectivity index (χ1) is 9.04. The van der Waals surface area contributed by atoms with Gasteiger partial charge in [0.05, 0.1) is 16.6 Å². The maximum absolute atomic E-state index is 10.8. The summed E-state index contributed by atoms with van der Waals surface area (Å²) in [5, 5.41) is 22.5. The molecule has 19 heavy (non-hydrogen) atoms. The Morgan fingerprint density at radius 2 is 2.21 bits per heavy atom. The van der Waals surface area contributed by atoms with E-state index < -0.39 is 4.92 Å². The zero-order chi connectivity index (χ0) is 14.3. The molecule has 1 amide bonds. The van der Waals surface area contributed by atoms with Gasteiger partial charge < -0.3 is 11.1 Å². The molecule has 0 radical (unpaired) electrons. The third kappa shape index (κ3) is 4.63. The number of rotatable bonds is 7. The number of primary amides is 1. The van der Waals surface area contributed by atoms with E-state index in [1.165, 1.54) is 18.2 Å². The molecule has 0 spiro atoms. The lowest BCUT2D eigenvalue weighted by atomic mass is 10.1. The Balaban J connectivity index is 2.63. The monoisotopic (exact) mass is 262 g/mol. The quantitative estimate of drug-likeness (QED) is 0.438. The summed E-state index contributed by atoms with van der Waals surface area (Å²) in [6.07, 6.45) is 1.58. The van der Waals surface area contributed by atoms with Crippen molar-refractivity contribution >= 4 is 17.3 Å². The van der Waals surface area contributed by atoms with Gasteiger partial charge in [0.2, 0.25) is 5.91 Å². The summed E-state index contributed by atoms with van der Waals surface area (Å²) in [7, 11) is 0. The number of hydrogen-bond donors (Lipinski definition) is 2. The second-order valence-electron chi connectivity index (χ2n) is 3.95. The van der Waals surface area contributed by atoms with Crippen LogP contribution in [0.2, 0.25) is 0 Å². The average molecular weight is 262 g/mol. The third-order valence-electron chi connectivity index (χ3n) is 2.49. The Morgan fingerprint density at radius 1 is 1.47 bits per heavy atom. The van der Waals surface area contributed by atoms with Crippen LogP contribution in [0.5, 0.6) is 0 Å². The predicted molar refractivity (Wildman–Crippen MR) is 69.3 cm³/mol. The van der Waals surface area contributed by atoms with E-state index in [0.717, 1.165) is 0 Å². The van der Waals surface area contributed by atoms with E-state index in [9.17, 15) is 14.9 Å². The second kappa shape index (κ2) is 6.96. The van der Waals surface area contributed by atoms with Gasteiger partial charge in [-0.2, -0.15) is 5.26 Å². The smallest absolute Gasteiger partial charge is 0.292 e.